The number of hydrogen-bond acceptors (Lipinski definition) is 5. The Kier molecular flexibility index (Phi) is 4.74. The predicted molar refractivity (Wildman–Crippen MR) is 89.0 cm³/mol. The highest BCUT2D eigenvalue weighted by molar-refractivity contribution is 5.95. The van der Waals surface area contributed by atoms with Crippen molar-refractivity contribution in [1.29, 1.82) is 0 Å². The molecule has 2 N–H and O–H groups in total. The van der Waals surface area contributed by atoms with Crippen LogP contribution in [0.15, 0.2) is 36.5 Å². The number of nitrogens with one attached hydrogen (secondary N) is 2. The highest BCUT2D eigenvalue weighted by Gasteiger charge is 2.16. The van der Waals surface area contributed by atoms with Gasteiger partial charge in [-0.3, -0.25) is 9.59 Å². The van der Waals surface area contributed by atoms with Crippen molar-refractivity contribution in [2.24, 2.45) is 0 Å². The van der Waals surface area contributed by atoms with Gasteiger partial charge in [-0.2, -0.15) is 0 Å². The molecular formula is C17H20N4O2. The number of anilines is 2. The molecule has 0 aliphatic carbocycles. The third-order valence-electron chi connectivity index (χ3n) is 2.90. The molecule has 0 bridgehead atoms. The lowest BCUT2D eigenvalue weighted by molar-refractivity contribution is 0.0913. The van der Waals surface area contributed by atoms with Gasteiger partial charge >= 0.3 is 0 Å². The minimum atomic E-state index is -0.342. The van der Waals surface area contributed by atoms with E-state index in [1.165, 1.54) is 13.1 Å². The predicted octanol–water partition coefficient (Wildman–Crippen LogP) is 2.95. The standard InChI is InChI=1S/C17H20N4O2/c1-11(22)12-6-5-7-13(10-12)19-16-18-9-8-14(20-16)15(23)21-17(2,3)4/h5-10H,1-4H3,(H,21,23)(H,18,19,20). The number of benzene rings is 1. The van der Waals surface area contributed by atoms with E-state index >= 15 is 0 Å². The lowest BCUT2D eigenvalue weighted by Crippen LogP contribution is -2.41. The SMILES string of the molecule is CC(=O)c1cccc(Nc2nccc(C(=O)NC(C)(C)C)n2)c1. The average Bonchev–Trinajstić information content (AvgIpc) is 2.46. The van der Waals surface area contributed by atoms with E-state index in [0.717, 1.165) is 0 Å². The first-order chi connectivity index (χ1) is 10.7. The van der Waals surface area contributed by atoms with Crippen molar-refractivity contribution < 1.29 is 9.59 Å². The van der Waals surface area contributed by atoms with E-state index in [4.69, 9.17) is 0 Å². The number of Topliss-reactive ketones (excluding diaryl/α,β-unsaturated/α-hetero) is 1. The first-order valence-electron chi connectivity index (χ1n) is 7.28. The van der Waals surface area contributed by atoms with Crippen LogP contribution in [0.25, 0.3) is 0 Å². The Morgan fingerprint density at radius 1 is 1.13 bits per heavy atom. The zero-order valence-corrected chi connectivity index (χ0v) is 13.7. The zero-order chi connectivity index (χ0) is 17.0. The Morgan fingerprint density at radius 3 is 2.52 bits per heavy atom. The average molecular weight is 312 g/mol. The number of carbonyl (C=O) groups is 2. The molecule has 0 saturated heterocycles. The summed E-state index contributed by atoms with van der Waals surface area (Å²) < 4.78 is 0. The maximum atomic E-state index is 12.1. The third kappa shape index (κ3) is 4.88. The first-order valence-corrected chi connectivity index (χ1v) is 7.28. The summed E-state index contributed by atoms with van der Waals surface area (Å²) in [5.74, 6) is 0.0144. The molecule has 6 nitrogen and oxygen atoms in total. The lowest BCUT2D eigenvalue weighted by atomic mass is 10.1. The number of aromatic nitrogens is 2. The van der Waals surface area contributed by atoms with Gasteiger partial charge in [0.05, 0.1) is 0 Å². The van der Waals surface area contributed by atoms with Crippen LogP contribution in [0.1, 0.15) is 48.5 Å². The minimum absolute atomic E-state index is 0.0205. The minimum Gasteiger partial charge on any atom is -0.346 e. The van der Waals surface area contributed by atoms with Crippen LogP contribution in [0.4, 0.5) is 11.6 Å². The fourth-order valence-electron chi connectivity index (χ4n) is 1.90. The molecule has 1 aromatic carbocycles. The topological polar surface area (TPSA) is 84.0 Å². The molecule has 1 aromatic heterocycles. The Bertz CT molecular complexity index is 735. The first kappa shape index (κ1) is 16.6. The number of hydrogen-bond donors (Lipinski definition) is 2. The van der Waals surface area contributed by atoms with E-state index in [0.29, 0.717) is 17.2 Å². The number of nitrogens with zero attached hydrogens (tertiary/aromatic N) is 2. The summed E-state index contributed by atoms with van der Waals surface area (Å²) in [4.78, 5) is 31.9. The van der Waals surface area contributed by atoms with Gasteiger partial charge in [-0.15, -0.1) is 0 Å². The highest BCUT2D eigenvalue weighted by atomic mass is 16.2. The molecule has 0 atom stereocenters. The Hall–Kier alpha value is -2.76. The molecule has 2 rings (SSSR count). The van der Waals surface area contributed by atoms with Crippen molar-refractivity contribution >= 4 is 23.3 Å². The molecule has 0 unspecified atom stereocenters. The van der Waals surface area contributed by atoms with Crippen LogP contribution in [-0.2, 0) is 0 Å². The summed E-state index contributed by atoms with van der Waals surface area (Å²) in [6, 6.07) is 8.58. The number of carbonyl (C=O) groups excluding carboxylic acids is 2. The Balaban J connectivity index is 2.19. The van der Waals surface area contributed by atoms with E-state index in [9.17, 15) is 9.59 Å². The van der Waals surface area contributed by atoms with Gasteiger partial charge in [-0.1, -0.05) is 12.1 Å². The molecule has 1 amide bonds. The molecule has 1 heterocycles. The van der Waals surface area contributed by atoms with E-state index in [1.807, 2.05) is 20.8 Å². The second kappa shape index (κ2) is 6.56. The molecule has 2 aromatic rings. The smallest absolute Gasteiger partial charge is 0.270 e. The summed E-state index contributed by atoms with van der Waals surface area (Å²) in [6.45, 7) is 7.21. The molecule has 0 fully saturated rings. The normalized spacial score (nSPS) is 11.0. The molecule has 23 heavy (non-hydrogen) atoms. The van der Waals surface area contributed by atoms with Gasteiger partial charge in [0.25, 0.3) is 5.91 Å². The van der Waals surface area contributed by atoms with E-state index in [2.05, 4.69) is 20.6 Å². The number of rotatable bonds is 4. The summed E-state index contributed by atoms with van der Waals surface area (Å²) in [5, 5.41) is 5.85. The summed E-state index contributed by atoms with van der Waals surface area (Å²) in [7, 11) is 0. The van der Waals surface area contributed by atoms with E-state index in [1.54, 1.807) is 30.3 Å². The monoisotopic (exact) mass is 312 g/mol. The van der Waals surface area contributed by atoms with Crippen molar-refractivity contribution in [1.82, 2.24) is 15.3 Å². The van der Waals surface area contributed by atoms with Crippen molar-refractivity contribution in [3.05, 3.63) is 47.8 Å². The lowest BCUT2D eigenvalue weighted by Gasteiger charge is -2.20. The fraction of sp³-hybridized carbons (Fsp3) is 0.294. The van der Waals surface area contributed by atoms with E-state index < -0.39 is 0 Å². The van der Waals surface area contributed by atoms with Crippen LogP contribution in [0.2, 0.25) is 0 Å². The number of amides is 1. The third-order valence-corrected chi connectivity index (χ3v) is 2.90. The second-order valence-corrected chi connectivity index (χ2v) is 6.23. The van der Waals surface area contributed by atoms with E-state index in [-0.39, 0.29) is 22.9 Å². The molecule has 0 aliphatic rings. The Morgan fingerprint density at radius 2 is 1.87 bits per heavy atom. The Labute approximate surface area is 135 Å². The number of ketones is 1. The van der Waals surface area contributed by atoms with Crippen LogP contribution < -0.4 is 10.6 Å². The molecule has 0 aliphatic heterocycles. The van der Waals surface area contributed by atoms with Gasteiger partial charge in [0.1, 0.15) is 5.69 Å². The molecule has 120 valence electrons. The molecule has 0 radical (unpaired) electrons. The summed E-state index contributed by atoms with van der Waals surface area (Å²) in [6.07, 6.45) is 1.52. The van der Waals surface area contributed by atoms with Crippen molar-refractivity contribution in [2.45, 2.75) is 33.2 Å². The zero-order valence-electron chi connectivity index (χ0n) is 13.7. The highest BCUT2D eigenvalue weighted by Crippen LogP contribution is 2.15. The van der Waals surface area contributed by atoms with Crippen LogP contribution in [0, 0.1) is 0 Å². The van der Waals surface area contributed by atoms with Gasteiger partial charge < -0.3 is 10.6 Å². The van der Waals surface area contributed by atoms with Crippen LogP contribution in [-0.4, -0.2) is 27.2 Å². The quantitative estimate of drug-likeness (QED) is 0.848. The van der Waals surface area contributed by atoms with Crippen molar-refractivity contribution in [3.8, 4) is 0 Å². The van der Waals surface area contributed by atoms with Crippen LogP contribution >= 0.6 is 0 Å². The van der Waals surface area contributed by atoms with Gasteiger partial charge in [0, 0.05) is 23.0 Å². The van der Waals surface area contributed by atoms with Gasteiger partial charge in [-0.25, -0.2) is 9.97 Å². The van der Waals surface area contributed by atoms with Crippen LogP contribution in [0.5, 0.6) is 0 Å². The largest absolute Gasteiger partial charge is 0.346 e. The molecule has 0 spiro atoms. The van der Waals surface area contributed by atoms with Crippen LogP contribution in [0.3, 0.4) is 0 Å². The molecule has 6 heteroatoms. The van der Waals surface area contributed by atoms with Gasteiger partial charge in [0.2, 0.25) is 5.95 Å². The summed E-state index contributed by atoms with van der Waals surface area (Å²) in [5.41, 5.74) is 1.22. The maximum Gasteiger partial charge on any atom is 0.270 e. The van der Waals surface area contributed by atoms with Gasteiger partial charge in [-0.05, 0) is 45.9 Å². The van der Waals surface area contributed by atoms with Crippen molar-refractivity contribution in [2.75, 3.05) is 5.32 Å². The summed E-state index contributed by atoms with van der Waals surface area (Å²) >= 11 is 0. The second-order valence-electron chi connectivity index (χ2n) is 6.23. The van der Waals surface area contributed by atoms with Crippen molar-refractivity contribution in [3.63, 3.8) is 0 Å². The fourth-order valence-corrected chi connectivity index (χ4v) is 1.90. The van der Waals surface area contributed by atoms with Gasteiger partial charge in [0.15, 0.2) is 5.78 Å². The maximum absolute atomic E-state index is 12.1. The molecule has 0 saturated carbocycles. The molecular weight excluding hydrogens is 292 g/mol.